The zero-order valence-electron chi connectivity index (χ0n) is 34.2. The summed E-state index contributed by atoms with van der Waals surface area (Å²) in [6, 6.07) is 0. The molecule has 1 atom stereocenters. The van der Waals surface area contributed by atoms with Crippen LogP contribution in [0.25, 0.3) is 0 Å². The smallest absolute Gasteiger partial charge is 0.462 e. The summed E-state index contributed by atoms with van der Waals surface area (Å²) in [7, 11) is -4.79. The largest absolute Gasteiger partial charge is 0.469 e. The highest BCUT2D eigenvalue weighted by molar-refractivity contribution is 7.46. The Kier molecular flexibility index (Phi) is 38.1. The molecule has 2 N–H and O–H groups in total. The third kappa shape index (κ3) is 42.9. The second-order valence-corrected chi connectivity index (χ2v) is 14.1. The highest BCUT2D eigenvalue weighted by atomic mass is 31.2. The van der Waals surface area contributed by atoms with Crippen LogP contribution in [0.4, 0.5) is 0 Å². The first kappa shape index (κ1) is 52.2. The number of hydrogen-bond donors (Lipinski definition) is 2. The minimum absolute atomic E-state index is 0.125. The van der Waals surface area contributed by atoms with Crippen molar-refractivity contribution >= 4 is 19.8 Å². The number of allylic oxidation sites excluding steroid dienone is 22. The van der Waals surface area contributed by atoms with E-state index in [2.05, 4.69) is 140 Å². The van der Waals surface area contributed by atoms with Crippen LogP contribution in [0.1, 0.15) is 129 Å². The number of esters is 2. The number of ether oxygens (including phenoxy) is 2. The zero-order chi connectivity index (χ0) is 41.1. The van der Waals surface area contributed by atoms with E-state index in [1.165, 1.54) is 0 Å². The normalized spacial score (nSPS) is 13.9. The molecule has 0 aliphatic heterocycles. The van der Waals surface area contributed by atoms with E-state index in [1.807, 2.05) is 12.2 Å². The second kappa shape index (κ2) is 40.8. The van der Waals surface area contributed by atoms with E-state index >= 15 is 0 Å². The third-order valence-electron chi connectivity index (χ3n) is 7.68. The topological polar surface area (TPSA) is 119 Å². The van der Waals surface area contributed by atoms with Gasteiger partial charge in [-0.25, -0.2) is 4.57 Å². The van der Waals surface area contributed by atoms with Gasteiger partial charge in [-0.1, -0.05) is 154 Å². The molecule has 9 heteroatoms. The molecule has 0 aliphatic rings. The van der Waals surface area contributed by atoms with Gasteiger partial charge in [0.2, 0.25) is 0 Å². The Morgan fingerprint density at radius 2 is 0.839 bits per heavy atom. The van der Waals surface area contributed by atoms with Crippen LogP contribution in [0.15, 0.2) is 134 Å². The highest BCUT2D eigenvalue weighted by Crippen LogP contribution is 2.35. The minimum atomic E-state index is -4.79. The lowest BCUT2D eigenvalue weighted by Gasteiger charge is -2.18. The Bertz CT molecular complexity index is 1350. The molecule has 8 nitrogen and oxygen atoms in total. The minimum Gasteiger partial charge on any atom is -0.462 e. The molecule has 0 saturated carbocycles. The van der Waals surface area contributed by atoms with Gasteiger partial charge in [0.25, 0.3) is 0 Å². The molecule has 0 aromatic rings. The van der Waals surface area contributed by atoms with Crippen molar-refractivity contribution in [2.45, 2.75) is 136 Å². The number of hydrogen-bond acceptors (Lipinski definition) is 6. The van der Waals surface area contributed by atoms with Gasteiger partial charge in [0, 0.05) is 12.8 Å². The van der Waals surface area contributed by atoms with Crippen molar-refractivity contribution < 1.29 is 37.9 Å². The highest BCUT2D eigenvalue weighted by Gasteiger charge is 2.22. The fraction of sp³-hybridized carbons (Fsp3) is 0.489. The fourth-order valence-electron chi connectivity index (χ4n) is 4.72. The lowest BCUT2D eigenvalue weighted by Crippen LogP contribution is -2.29. The van der Waals surface area contributed by atoms with Crippen LogP contribution in [0.3, 0.4) is 0 Å². The van der Waals surface area contributed by atoms with E-state index in [1.54, 1.807) is 0 Å². The maximum atomic E-state index is 12.4. The maximum absolute atomic E-state index is 12.4. The first-order valence-corrected chi connectivity index (χ1v) is 22.0. The van der Waals surface area contributed by atoms with E-state index in [0.717, 1.165) is 89.9 Å². The van der Waals surface area contributed by atoms with Crippen LogP contribution < -0.4 is 0 Å². The Balaban J connectivity index is 4.17. The van der Waals surface area contributed by atoms with Gasteiger partial charge in [-0.15, -0.1) is 0 Å². The van der Waals surface area contributed by atoms with Gasteiger partial charge >= 0.3 is 19.8 Å². The Hall–Kier alpha value is -3.81. The number of carbonyl (C=O) groups excluding carboxylic acids is 2. The molecule has 0 aliphatic carbocycles. The van der Waals surface area contributed by atoms with E-state index < -0.39 is 32.5 Å². The molecule has 0 bridgehead atoms. The molecule has 0 saturated heterocycles. The molecule has 0 fully saturated rings. The Labute approximate surface area is 339 Å². The standard InChI is InChI=1S/C47H71O8P/c1-3-5-7-9-11-13-15-17-19-21-23-25-27-29-31-33-35-37-39-41-46(48)53-43-45(44-54-56(50,51)52)55-47(49)42-40-38-36-34-32-30-28-26-24-22-20-18-16-14-12-10-8-6-4-2/h5-8,11-14,17-20,23-26,29-32,35,37,45H,3-4,9-10,15-16,21-22,27-28,33-34,36,38-44H2,1-2H3,(H2,50,51,52)/b7-5+,8-6+,13-11+,14-12+,19-17+,20-18+,25-23+,26-24+,31-29+,32-30+,37-35+/t45-/m1/s1. The quantitative estimate of drug-likeness (QED) is 0.0282. The van der Waals surface area contributed by atoms with Crippen LogP contribution in [0.2, 0.25) is 0 Å². The third-order valence-corrected chi connectivity index (χ3v) is 8.16. The van der Waals surface area contributed by atoms with Gasteiger partial charge in [0.1, 0.15) is 6.61 Å². The maximum Gasteiger partial charge on any atom is 0.469 e. The molecule has 0 aromatic carbocycles. The van der Waals surface area contributed by atoms with Crippen LogP contribution in [-0.2, 0) is 28.2 Å². The van der Waals surface area contributed by atoms with Crippen LogP contribution in [0.5, 0.6) is 0 Å². The van der Waals surface area contributed by atoms with E-state index in [-0.39, 0.29) is 19.4 Å². The van der Waals surface area contributed by atoms with Crippen molar-refractivity contribution in [3.63, 3.8) is 0 Å². The number of phosphoric ester groups is 1. The summed E-state index contributed by atoms with van der Waals surface area (Å²) in [6.07, 6.45) is 60.4. The lowest BCUT2D eigenvalue weighted by atomic mass is 10.1. The van der Waals surface area contributed by atoms with E-state index in [4.69, 9.17) is 19.3 Å². The van der Waals surface area contributed by atoms with Crippen LogP contribution >= 0.6 is 7.82 Å². The van der Waals surface area contributed by atoms with Gasteiger partial charge in [0.15, 0.2) is 6.10 Å². The molecule has 312 valence electrons. The van der Waals surface area contributed by atoms with Gasteiger partial charge in [-0.3, -0.25) is 14.1 Å². The van der Waals surface area contributed by atoms with Crippen molar-refractivity contribution in [3.8, 4) is 0 Å². The summed E-state index contributed by atoms with van der Waals surface area (Å²) in [5.41, 5.74) is 0. The van der Waals surface area contributed by atoms with Crippen molar-refractivity contribution in [3.05, 3.63) is 134 Å². The lowest BCUT2D eigenvalue weighted by molar-refractivity contribution is -0.161. The molecule has 0 rings (SSSR count). The predicted octanol–water partition coefficient (Wildman–Crippen LogP) is 12.7. The van der Waals surface area contributed by atoms with Crippen molar-refractivity contribution in [2.75, 3.05) is 13.2 Å². The summed E-state index contributed by atoms with van der Waals surface area (Å²) in [5, 5.41) is 0. The molecule has 0 unspecified atom stereocenters. The molecule has 0 amide bonds. The first-order chi connectivity index (χ1) is 27.3. The first-order valence-electron chi connectivity index (χ1n) is 20.5. The number of unbranched alkanes of at least 4 members (excludes halogenated alkanes) is 3. The second-order valence-electron chi connectivity index (χ2n) is 12.8. The molecule has 56 heavy (non-hydrogen) atoms. The summed E-state index contributed by atoms with van der Waals surface area (Å²) in [5.74, 6) is -1.04. The predicted molar refractivity (Wildman–Crippen MR) is 234 cm³/mol. The molecular weight excluding hydrogens is 723 g/mol. The van der Waals surface area contributed by atoms with Crippen molar-refractivity contribution in [1.82, 2.24) is 0 Å². The monoisotopic (exact) mass is 794 g/mol. The van der Waals surface area contributed by atoms with Crippen molar-refractivity contribution in [1.29, 1.82) is 0 Å². The number of carbonyl (C=O) groups is 2. The van der Waals surface area contributed by atoms with Gasteiger partial charge in [0.05, 0.1) is 6.61 Å². The molecule has 0 aromatic heterocycles. The van der Waals surface area contributed by atoms with Crippen LogP contribution in [0, 0.1) is 0 Å². The Morgan fingerprint density at radius 1 is 0.464 bits per heavy atom. The summed E-state index contributed by atoms with van der Waals surface area (Å²) < 4.78 is 26.3. The average molecular weight is 795 g/mol. The molecular formula is C47H71O8P. The zero-order valence-corrected chi connectivity index (χ0v) is 35.1. The van der Waals surface area contributed by atoms with Gasteiger partial charge < -0.3 is 19.3 Å². The fourth-order valence-corrected chi connectivity index (χ4v) is 5.08. The summed E-state index contributed by atoms with van der Waals surface area (Å²) >= 11 is 0. The average Bonchev–Trinajstić information content (AvgIpc) is 3.17. The van der Waals surface area contributed by atoms with E-state index in [0.29, 0.717) is 12.8 Å². The van der Waals surface area contributed by atoms with E-state index in [9.17, 15) is 14.2 Å². The molecule has 0 radical (unpaired) electrons. The molecule has 0 spiro atoms. The van der Waals surface area contributed by atoms with Crippen LogP contribution in [-0.4, -0.2) is 41.0 Å². The van der Waals surface area contributed by atoms with Crippen molar-refractivity contribution in [2.24, 2.45) is 0 Å². The number of phosphoric acid groups is 1. The van der Waals surface area contributed by atoms with Gasteiger partial charge in [-0.2, -0.15) is 0 Å². The summed E-state index contributed by atoms with van der Waals surface area (Å²) in [6.45, 7) is 3.34. The SMILES string of the molecule is CC/C=C/C/C=C/C/C=C/C/C=C/C/C=C/C/C=C/CCC(=O)OC[C@H](COP(=O)(O)O)OC(=O)CCCCC/C=C/C/C=C/C/C=C/C/C=C/C/C=C/CC. The number of rotatable bonds is 35. The Morgan fingerprint density at radius 3 is 1.23 bits per heavy atom. The van der Waals surface area contributed by atoms with Gasteiger partial charge in [-0.05, 0) is 96.3 Å². The molecule has 0 heterocycles. The summed E-state index contributed by atoms with van der Waals surface area (Å²) in [4.78, 5) is 42.8.